The summed E-state index contributed by atoms with van der Waals surface area (Å²) in [5.41, 5.74) is 4.99. The number of amides is 2. The topological polar surface area (TPSA) is 116 Å². The molecule has 0 unspecified atom stereocenters. The number of carbonyl (C=O) groups is 2. The van der Waals surface area contributed by atoms with Crippen molar-refractivity contribution in [2.75, 3.05) is 10.6 Å². The molecule has 2 amide bonds. The molecule has 0 saturated carbocycles. The highest BCUT2D eigenvalue weighted by Crippen LogP contribution is 2.19. The van der Waals surface area contributed by atoms with Crippen molar-refractivity contribution in [3.8, 4) is 0 Å². The molecule has 140 valence electrons. The van der Waals surface area contributed by atoms with Gasteiger partial charge in [-0.15, -0.1) is 0 Å². The molecule has 2 aromatic carbocycles. The van der Waals surface area contributed by atoms with E-state index in [0.29, 0.717) is 11.4 Å². The van der Waals surface area contributed by atoms with Crippen molar-refractivity contribution in [2.45, 2.75) is 13.8 Å². The minimum Gasteiger partial charge on any atom is -0.345 e. The number of hydrogen-bond acceptors (Lipinski definition) is 4. The van der Waals surface area contributed by atoms with Crippen LogP contribution in [0.5, 0.6) is 0 Å². The van der Waals surface area contributed by atoms with Crippen LogP contribution >= 0.6 is 0 Å². The Balaban J connectivity index is 1.54. The van der Waals surface area contributed by atoms with Crippen molar-refractivity contribution >= 4 is 34.2 Å². The summed E-state index contributed by atoms with van der Waals surface area (Å²) in [5.74, 6) is -0.917. The summed E-state index contributed by atoms with van der Waals surface area (Å²) < 4.78 is 0. The van der Waals surface area contributed by atoms with Gasteiger partial charge >= 0.3 is 0 Å². The summed E-state index contributed by atoms with van der Waals surface area (Å²) in [6.45, 7) is 3.89. The normalized spacial score (nSPS) is 10.8. The van der Waals surface area contributed by atoms with Crippen molar-refractivity contribution in [1.29, 1.82) is 0 Å². The van der Waals surface area contributed by atoms with E-state index in [1.165, 1.54) is 6.33 Å². The molecule has 28 heavy (non-hydrogen) atoms. The Hall–Kier alpha value is -3.94. The maximum absolute atomic E-state index is 12.6. The fourth-order valence-electron chi connectivity index (χ4n) is 2.98. The third-order valence-electron chi connectivity index (χ3n) is 4.39. The lowest BCUT2D eigenvalue weighted by atomic mass is 10.1. The molecule has 4 N–H and O–H groups in total. The van der Waals surface area contributed by atoms with Crippen LogP contribution in [0.1, 0.15) is 32.1 Å². The number of rotatable bonds is 4. The number of imidazole rings is 2. The average molecular weight is 374 g/mol. The van der Waals surface area contributed by atoms with E-state index >= 15 is 0 Å². The molecule has 0 aliphatic carbocycles. The first-order valence-electron chi connectivity index (χ1n) is 8.68. The van der Waals surface area contributed by atoms with Crippen LogP contribution in [0, 0.1) is 13.8 Å². The van der Waals surface area contributed by atoms with Gasteiger partial charge in [0, 0.05) is 11.4 Å². The van der Waals surface area contributed by atoms with E-state index in [9.17, 15) is 9.59 Å². The van der Waals surface area contributed by atoms with Gasteiger partial charge in [0.2, 0.25) is 0 Å². The average Bonchev–Trinajstić information content (AvgIpc) is 3.32. The van der Waals surface area contributed by atoms with E-state index in [0.717, 1.165) is 22.2 Å². The first-order chi connectivity index (χ1) is 13.5. The first-order valence-corrected chi connectivity index (χ1v) is 8.68. The van der Waals surface area contributed by atoms with E-state index in [1.807, 2.05) is 38.1 Å². The predicted molar refractivity (Wildman–Crippen MR) is 107 cm³/mol. The molecule has 4 aromatic rings. The molecule has 0 aliphatic heterocycles. The summed E-state index contributed by atoms with van der Waals surface area (Å²) in [6.07, 6.45) is 2.91. The SMILES string of the molecule is Cc1ccc(NC(=O)c2nc[nH]c2C(=O)Nc2ccc3[nH]cnc3c2)c(C)c1. The van der Waals surface area contributed by atoms with Crippen LogP contribution in [-0.4, -0.2) is 31.8 Å². The van der Waals surface area contributed by atoms with Crippen molar-refractivity contribution in [1.82, 2.24) is 19.9 Å². The molecule has 0 fully saturated rings. The lowest BCUT2D eigenvalue weighted by molar-refractivity contribution is 0.0985. The molecule has 4 rings (SSSR count). The summed E-state index contributed by atoms with van der Waals surface area (Å²) >= 11 is 0. The molecule has 0 radical (unpaired) electrons. The second-order valence-corrected chi connectivity index (χ2v) is 6.49. The van der Waals surface area contributed by atoms with Gasteiger partial charge in [-0.3, -0.25) is 9.59 Å². The third-order valence-corrected chi connectivity index (χ3v) is 4.39. The number of aryl methyl sites for hydroxylation is 2. The zero-order valence-corrected chi connectivity index (χ0v) is 15.3. The van der Waals surface area contributed by atoms with Crippen LogP contribution < -0.4 is 10.6 Å². The second kappa shape index (κ2) is 6.99. The smallest absolute Gasteiger partial charge is 0.276 e. The Bertz CT molecular complexity index is 1190. The summed E-state index contributed by atoms with van der Waals surface area (Å²) in [7, 11) is 0. The van der Waals surface area contributed by atoms with E-state index in [-0.39, 0.29) is 11.4 Å². The molecule has 2 aromatic heterocycles. The van der Waals surface area contributed by atoms with E-state index < -0.39 is 11.8 Å². The maximum Gasteiger partial charge on any atom is 0.276 e. The number of nitrogens with zero attached hydrogens (tertiary/aromatic N) is 2. The van der Waals surface area contributed by atoms with E-state index in [2.05, 4.69) is 30.6 Å². The maximum atomic E-state index is 12.6. The highest BCUT2D eigenvalue weighted by atomic mass is 16.2. The Morgan fingerprint density at radius 1 is 0.893 bits per heavy atom. The van der Waals surface area contributed by atoms with Gasteiger partial charge in [0.15, 0.2) is 5.69 Å². The number of aromatic amines is 2. The molecule has 8 nitrogen and oxygen atoms in total. The Kier molecular flexibility index (Phi) is 4.36. The number of carbonyl (C=O) groups excluding carboxylic acids is 2. The summed E-state index contributed by atoms with van der Waals surface area (Å²) in [5, 5.41) is 5.56. The van der Waals surface area contributed by atoms with E-state index in [1.54, 1.807) is 18.5 Å². The zero-order chi connectivity index (χ0) is 19.7. The minimum atomic E-state index is -0.460. The van der Waals surface area contributed by atoms with Gasteiger partial charge in [0.05, 0.1) is 23.7 Å². The number of aromatic nitrogens is 4. The zero-order valence-electron chi connectivity index (χ0n) is 15.3. The predicted octanol–water partition coefficient (Wildman–Crippen LogP) is 3.41. The number of fused-ring (bicyclic) bond motifs is 1. The molecule has 0 aliphatic rings. The van der Waals surface area contributed by atoms with E-state index in [4.69, 9.17) is 0 Å². The van der Waals surface area contributed by atoms with Crippen LogP contribution in [0.15, 0.2) is 49.1 Å². The van der Waals surface area contributed by atoms with Gasteiger partial charge < -0.3 is 20.6 Å². The first kappa shape index (κ1) is 17.5. The number of nitrogens with one attached hydrogen (secondary N) is 4. The lowest BCUT2D eigenvalue weighted by Crippen LogP contribution is -2.20. The van der Waals surface area contributed by atoms with Gasteiger partial charge in [-0.2, -0.15) is 0 Å². The second-order valence-electron chi connectivity index (χ2n) is 6.49. The van der Waals surface area contributed by atoms with Crippen molar-refractivity contribution in [2.24, 2.45) is 0 Å². The Morgan fingerprint density at radius 3 is 2.54 bits per heavy atom. The fourth-order valence-corrected chi connectivity index (χ4v) is 2.98. The van der Waals surface area contributed by atoms with Crippen LogP contribution in [0.25, 0.3) is 11.0 Å². The lowest BCUT2D eigenvalue weighted by Gasteiger charge is -2.09. The molecular formula is C20H18N6O2. The van der Waals surface area contributed by atoms with Crippen LogP contribution in [0.3, 0.4) is 0 Å². The largest absolute Gasteiger partial charge is 0.345 e. The standard InChI is InChI=1S/C20H18N6O2/c1-11-3-5-14(12(2)7-11)26-20(28)18-17(23-10-24-18)19(27)25-13-4-6-15-16(8-13)22-9-21-15/h3-10H,1-2H3,(H,21,22)(H,23,24)(H,25,27)(H,26,28). The molecular weight excluding hydrogens is 356 g/mol. The molecule has 8 heteroatoms. The van der Waals surface area contributed by atoms with Gasteiger partial charge in [0.25, 0.3) is 11.8 Å². The number of H-pyrrole nitrogens is 2. The third kappa shape index (κ3) is 3.35. The molecule has 0 bridgehead atoms. The number of hydrogen-bond donors (Lipinski definition) is 4. The Morgan fingerprint density at radius 2 is 1.71 bits per heavy atom. The summed E-state index contributed by atoms with van der Waals surface area (Å²) in [6, 6.07) is 11.0. The van der Waals surface area contributed by atoms with Gasteiger partial charge in [-0.05, 0) is 43.7 Å². The van der Waals surface area contributed by atoms with Crippen LogP contribution in [-0.2, 0) is 0 Å². The minimum absolute atomic E-state index is 0.0262. The van der Waals surface area contributed by atoms with Crippen molar-refractivity contribution in [3.05, 3.63) is 71.6 Å². The fraction of sp³-hybridized carbons (Fsp3) is 0.100. The summed E-state index contributed by atoms with van der Waals surface area (Å²) in [4.78, 5) is 39.2. The highest BCUT2D eigenvalue weighted by Gasteiger charge is 2.21. The van der Waals surface area contributed by atoms with Crippen molar-refractivity contribution < 1.29 is 9.59 Å². The van der Waals surface area contributed by atoms with Gasteiger partial charge in [-0.1, -0.05) is 17.7 Å². The Labute approximate surface area is 160 Å². The number of benzene rings is 2. The van der Waals surface area contributed by atoms with Gasteiger partial charge in [0.1, 0.15) is 5.69 Å². The number of anilines is 2. The molecule has 0 atom stereocenters. The van der Waals surface area contributed by atoms with Gasteiger partial charge in [-0.25, -0.2) is 9.97 Å². The van der Waals surface area contributed by atoms with Crippen LogP contribution in [0.4, 0.5) is 11.4 Å². The van der Waals surface area contributed by atoms with Crippen molar-refractivity contribution in [3.63, 3.8) is 0 Å². The highest BCUT2D eigenvalue weighted by molar-refractivity contribution is 6.13. The van der Waals surface area contributed by atoms with Crippen LogP contribution in [0.2, 0.25) is 0 Å². The molecule has 0 saturated heterocycles. The molecule has 2 heterocycles. The molecule has 0 spiro atoms. The quantitative estimate of drug-likeness (QED) is 0.438. The monoisotopic (exact) mass is 374 g/mol.